The largest absolute Gasteiger partial charge is 0.258 e. The molecule has 1 aromatic heterocycles. The fourth-order valence-corrected chi connectivity index (χ4v) is 1.13. The first-order chi connectivity index (χ1) is 6.69. The lowest BCUT2D eigenvalue weighted by atomic mass is 10.1. The number of pyridine rings is 1. The van der Waals surface area contributed by atoms with Crippen molar-refractivity contribution in [2.45, 2.75) is 26.7 Å². The van der Waals surface area contributed by atoms with Crippen molar-refractivity contribution in [3.8, 4) is 0 Å². The summed E-state index contributed by atoms with van der Waals surface area (Å²) in [5, 5.41) is 0. The van der Waals surface area contributed by atoms with Gasteiger partial charge in [0.2, 0.25) is 0 Å². The van der Waals surface area contributed by atoms with E-state index < -0.39 is 0 Å². The molecule has 3 nitrogen and oxygen atoms in total. The van der Waals surface area contributed by atoms with Crippen molar-refractivity contribution in [2.75, 3.05) is 0 Å². The van der Waals surface area contributed by atoms with E-state index in [2.05, 4.69) is 35.5 Å². The Balaban J connectivity index is 3.20. The highest BCUT2D eigenvalue weighted by Crippen LogP contribution is 2.28. The first-order valence-electron chi connectivity index (χ1n) is 4.64. The topological polar surface area (TPSA) is 37.6 Å². The second kappa shape index (κ2) is 4.65. The predicted octanol–water partition coefficient (Wildman–Crippen LogP) is 3.26. The maximum atomic E-state index is 4.20. The maximum Gasteiger partial charge on any atom is 0.177 e. The third kappa shape index (κ3) is 2.25. The average Bonchev–Trinajstić information content (AvgIpc) is 2.18. The van der Waals surface area contributed by atoms with E-state index in [0.717, 1.165) is 11.3 Å². The fourth-order valence-electron chi connectivity index (χ4n) is 1.13. The van der Waals surface area contributed by atoms with Gasteiger partial charge in [-0.1, -0.05) is 13.8 Å². The molecule has 0 fully saturated rings. The molecular weight excluding hydrogens is 174 g/mol. The van der Waals surface area contributed by atoms with Crippen molar-refractivity contribution in [3.63, 3.8) is 0 Å². The highest BCUT2D eigenvalue weighted by molar-refractivity contribution is 5.68. The van der Waals surface area contributed by atoms with Crippen LogP contribution < -0.4 is 0 Å². The molecule has 3 heteroatoms. The number of aliphatic imine (C=N–C) groups is 2. The molecule has 1 heterocycles. The van der Waals surface area contributed by atoms with Gasteiger partial charge in [0.05, 0.1) is 0 Å². The number of hydrogen-bond acceptors (Lipinski definition) is 3. The molecule has 0 aliphatic heterocycles. The molecule has 0 saturated heterocycles. The molecule has 0 bridgehead atoms. The zero-order valence-electron chi connectivity index (χ0n) is 8.86. The minimum absolute atomic E-state index is 0.451. The Bertz CT molecular complexity index is 354. The van der Waals surface area contributed by atoms with Gasteiger partial charge in [-0.3, -0.25) is 4.99 Å². The van der Waals surface area contributed by atoms with Crippen LogP contribution in [0.4, 0.5) is 11.5 Å². The van der Waals surface area contributed by atoms with Gasteiger partial charge >= 0.3 is 0 Å². The van der Waals surface area contributed by atoms with Crippen LogP contribution in [0.2, 0.25) is 0 Å². The normalized spacial score (nSPS) is 11.1. The van der Waals surface area contributed by atoms with Crippen LogP contribution in [0.1, 0.15) is 32.3 Å². The van der Waals surface area contributed by atoms with E-state index >= 15 is 0 Å². The molecule has 0 atom stereocenters. The third-order valence-electron chi connectivity index (χ3n) is 1.95. The Labute approximate surface area is 84.6 Å². The molecule has 0 aliphatic rings. The van der Waals surface area contributed by atoms with Gasteiger partial charge in [0.1, 0.15) is 5.69 Å². The van der Waals surface area contributed by atoms with Crippen LogP contribution in [0.25, 0.3) is 0 Å². The summed E-state index contributed by atoms with van der Waals surface area (Å²) in [6.45, 7) is 9.58. The summed E-state index contributed by atoms with van der Waals surface area (Å²) in [4.78, 5) is 12.2. The highest BCUT2D eigenvalue weighted by atomic mass is 14.9. The highest BCUT2D eigenvalue weighted by Gasteiger charge is 2.04. The van der Waals surface area contributed by atoms with E-state index in [1.807, 2.05) is 19.2 Å². The SMILES string of the molecule is C=Nc1ncc(C(C)C)cc1/N=C\C. The first-order valence-corrected chi connectivity index (χ1v) is 4.64. The van der Waals surface area contributed by atoms with E-state index in [1.54, 1.807) is 6.21 Å². The Morgan fingerprint density at radius 2 is 2.21 bits per heavy atom. The summed E-state index contributed by atoms with van der Waals surface area (Å²) < 4.78 is 0. The van der Waals surface area contributed by atoms with Crippen LogP contribution in [-0.2, 0) is 0 Å². The van der Waals surface area contributed by atoms with E-state index in [1.165, 1.54) is 0 Å². The van der Waals surface area contributed by atoms with Crippen LogP contribution in [-0.4, -0.2) is 17.9 Å². The van der Waals surface area contributed by atoms with Crippen LogP contribution in [0.5, 0.6) is 0 Å². The molecule has 0 unspecified atom stereocenters. The monoisotopic (exact) mass is 189 g/mol. The Kier molecular flexibility index (Phi) is 3.51. The molecule has 0 aliphatic carbocycles. The van der Waals surface area contributed by atoms with E-state index in [0.29, 0.717) is 11.7 Å². The maximum absolute atomic E-state index is 4.20. The molecule has 1 rings (SSSR count). The number of nitrogens with zero attached hydrogens (tertiary/aromatic N) is 3. The van der Waals surface area contributed by atoms with Crippen molar-refractivity contribution in [1.82, 2.24) is 4.98 Å². The molecule has 74 valence electrons. The minimum Gasteiger partial charge on any atom is -0.258 e. The van der Waals surface area contributed by atoms with Gasteiger partial charge in [0, 0.05) is 12.4 Å². The molecule has 0 amide bonds. The van der Waals surface area contributed by atoms with Gasteiger partial charge < -0.3 is 0 Å². The lowest BCUT2D eigenvalue weighted by molar-refractivity contribution is 0.858. The van der Waals surface area contributed by atoms with Gasteiger partial charge in [0.25, 0.3) is 0 Å². The summed E-state index contributed by atoms with van der Waals surface area (Å²) >= 11 is 0. The van der Waals surface area contributed by atoms with Crippen molar-refractivity contribution in [1.29, 1.82) is 0 Å². The number of aromatic nitrogens is 1. The Morgan fingerprint density at radius 1 is 1.50 bits per heavy atom. The summed E-state index contributed by atoms with van der Waals surface area (Å²) in [5.74, 6) is 1.04. The van der Waals surface area contributed by atoms with Crippen molar-refractivity contribution >= 4 is 24.4 Å². The van der Waals surface area contributed by atoms with Gasteiger partial charge in [-0.25, -0.2) is 9.98 Å². The predicted molar refractivity (Wildman–Crippen MR) is 61.4 cm³/mol. The number of rotatable bonds is 3. The Morgan fingerprint density at radius 3 is 2.71 bits per heavy atom. The molecule has 1 aromatic rings. The van der Waals surface area contributed by atoms with Crippen LogP contribution in [0.3, 0.4) is 0 Å². The molecular formula is C11H15N3. The van der Waals surface area contributed by atoms with Crippen molar-refractivity contribution in [2.24, 2.45) is 9.98 Å². The molecule has 0 N–H and O–H groups in total. The molecule has 14 heavy (non-hydrogen) atoms. The summed E-state index contributed by atoms with van der Waals surface area (Å²) in [5.41, 5.74) is 1.95. The van der Waals surface area contributed by atoms with Gasteiger partial charge in [-0.05, 0) is 31.2 Å². The molecule has 0 spiro atoms. The summed E-state index contributed by atoms with van der Waals surface area (Å²) in [6, 6.07) is 2.00. The standard InChI is InChI=1S/C11H15N3/c1-5-13-10-6-9(8(2)3)7-14-11(10)12-4/h5-8H,4H2,1-3H3/b13-5-. The van der Waals surface area contributed by atoms with E-state index in [-0.39, 0.29) is 0 Å². The molecule has 0 aromatic carbocycles. The second-order valence-corrected chi connectivity index (χ2v) is 3.31. The smallest absolute Gasteiger partial charge is 0.177 e. The van der Waals surface area contributed by atoms with Crippen LogP contribution >= 0.6 is 0 Å². The average molecular weight is 189 g/mol. The zero-order valence-corrected chi connectivity index (χ0v) is 8.86. The lowest BCUT2D eigenvalue weighted by Gasteiger charge is -2.06. The fraction of sp³-hybridized carbons (Fsp3) is 0.364. The number of hydrogen-bond donors (Lipinski definition) is 0. The molecule has 0 radical (unpaired) electrons. The van der Waals surface area contributed by atoms with Crippen molar-refractivity contribution in [3.05, 3.63) is 17.8 Å². The van der Waals surface area contributed by atoms with Crippen LogP contribution in [0, 0.1) is 0 Å². The van der Waals surface area contributed by atoms with Gasteiger partial charge in [-0.15, -0.1) is 0 Å². The lowest BCUT2D eigenvalue weighted by Crippen LogP contribution is -1.88. The van der Waals surface area contributed by atoms with E-state index in [4.69, 9.17) is 0 Å². The first kappa shape index (κ1) is 10.6. The van der Waals surface area contributed by atoms with Gasteiger partial charge in [-0.2, -0.15) is 0 Å². The molecule has 0 saturated carbocycles. The van der Waals surface area contributed by atoms with Crippen LogP contribution in [0.15, 0.2) is 22.2 Å². The summed E-state index contributed by atoms with van der Waals surface area (Å²) in [7, 11) is 0. The Hall–Kier alpha value is -1.51. The van der Waals surface area contributed by atoms with Crippen molar-refractivity contribution < 1.29 is 0 Å². The van der Waals surface area contributed by atoms with E-state index in [9.17, 15) is 0 Å². The zero-order chi connectivity index (χ0) is 10.6. The minimum atomic E-state index is 0.451. The quantitative estimate of drug-likeness (QED) is 0.672. The third-order valence-corrected chi connectivity index (χ3v) is 1.95. The van der Waals surface area contributed by atoms with Gasteiger partial charge in [0.15, 0.2) is 5.82 Å². The second-order valence-electron chi connectivity index (χ2n) is 3.31. The summed E-state index contributed by atoms with van der Waals surface area (Å²) in [6.07, 6.45) is 3.55.